The van der Waals surface area contributed by atoms with Crippen molar-refractivity contribution in [2.75, 3.05) is 6.54 Å². The molecule has 2 aromatic rings. The zero-order valence-electron chi connectivity index (χ0n) is 10.2. The van der Waals surface area contributed by atoms with Crippen LogP contribution in [0.15, 0.2) is 42.6 Å². The maximum absolute atomic E-state index is 5.88. The third-order valence-corrected chi connectivity index (χ3v) is 2.63. The smallest absolute Gasteiger partial charge is 0.219 e. The van der Waals surface area contributed by atoms with E-state index in [0.717, 1.165) is 18.7 Å². The Balaban J connectivity index is 2.02. The van der Waals surface area contributed by atoms with Gasteiger partial charge >= 0.3 is 0 Å². The molecule has 4 heteroatoms. The lowest BCUT2D eigenvalue weighted by molar-refractivity contribution is 0.462. The fraction of sp³-hybridized carbons (Fsp3) is 0.214. The van der Waals surface area contributed by atoms with Crippen molar-refractivity contribution in [1.82, 2.24) is 10.3 Å². The molecule has 94 valence electrons. The minimum atomic E-state index is 0.567. The van der Waals surface area contributed by atoms with Crippen LogP contribution >= 0.6 is 11.6 Å². The van der Waals surface area contributed by atoms with E-state index in [-0.39, 0.29) is 0 Å². The lowest BCUT2D eigenvalue weighted by Gasteiger charge is -2.06. The van der Waals surface area contributed by atoms with Crippen LogP contribution in [0.5, 0.6) is 11.6 Å². The van der Waals surface area contributed by atoms with Gasteiger partial charge in [-0.25, -0.2) is 4.98 Å². The Bertz CT molecular complexity index is 499. The van der Waals surface area contributed by atoms with Crippen LogP contribution in [0, 0.1) is 0 Å². The Morgan fingerprint density at radius 3 is 2.83 bits per heavy atom. The molecule has 0 amide bonds. The lowest BCUT2D eigenvalue weighted by atomic mass is 10.3. The van der Waals surface area contributed by atoms with Crippen LogP contribution in [-0.4, -0.2) is 11.5 Å². The number of nitrogens with zero attached hydrogens (tertiary/aromatic N) is 1. The number of hydrogen-bond donors (Lipinski definition) is 1. The van der Waals surface area contributed by atoms with Crippen molar-refractivity contribution in [3.8, 4) is 11.6 Å². The van der Waals surface area contributed by atoms with E-state index in [1.165, 1.54) is 0 Å². The molecule has 0 aliphatic rings. The van der Waals surface area contributed by atoms with Crippen LogP contribution in [0.4, 0.5) is 0 Å². The van der Waals surface area contributed by atoms with Crippen molar-refractivity contribution in [3.05, 3.63) is 53.2 Å². The van der Waals surface area contributed by atoms with Gasteiger partial charge in [-0.1, -0.05) is 30.7 Å². The minimum Gasteiger partial charge on any atom is -0.439 e. The van der Waals surface area contributed by atoms with Crippen LogP contribution in [-0.2, 0) is 6.54 Å². The summed E-state index contributed by atoms with van der Waals surface area (Å²) in [4.78, 5) is 4.25. The third-order valence-electron chi connectivity index (χ3n) is 2.40. The molecule has 0 spiro atoms. The van der Waals surface area contributed by atoms with Gasteiger partial charge in [-0.2, -0.15) is 0 Å². The number of nitrogens with one attached hydrogen (secondary N) is 1. The van der Waals surface area contributed by atoms with Crippen molar-refractivity contribution >= 4 is 11.6 Å². The molecule has 0 saturated carbocycles. The van der Waals surface area contributed by atoms with Gasteiger partial charge in [0.1, 0.15) is 5.75 Å². The highest BCUT2D eigenvalue weighted by molar-refractivity contribution is 6.30. The summed E-state index contributed by atoms with van der Waals surface area (Å²) in [5.74, 6) is 1.26. The van der Waals surface area contributed by atoms with E-state index < -0.39 is 0 Å². The molecule has 18 heavy (non-hydrogen) atoms. The van der Waals surface area contributed by atoms with Gasteiger partial charge in [-0.3, -0.25) is 0 Å². The van der Waals surface area contributed by atoms with E-state index in [0.29, 0.717) is 16.7 Å². The minimum absolute atomic E-state index is 0.567. The van der Waals surface area contributed by atoms with Crippen molar-refractivity contribution in [3.63, 3.8) is 0 Å². The SMILES string of the molecule is CCNCc1ccc(Oc2cccc(Cl)c2)nc1. The summed E-state index contributed by atoms with van der Waals surface area (Å²) >= 11 is 5.88. The first-order valence-corrected chi connectivity index (χ1v) is 6.25. The highest BCUT2D eigenvalue weighted by Crippen LogP contribution is 2.22. The van der Waals surface area contributed by atoms with Gasteiger partial charge in [0, 0.05) is 23.8 Å². The van der Waals surface area contributed by atoms with Crippen LogP contribution in [0.3, 0.4) is 0 Å². The number of ether oxygens (including phenoxy) is 1. The molecule has 0 radical (unpaired) electrons. The predicted octanol–water partition coefficient (Wildman–Crippen LogP) is 3.64. The molecule has 0 saturated heterocycles. The first-order chi connectivity index (χ1) is 8.78. The molecular formula is C14H15ClN2O. The monoisotopic (exact) mass is 262 g/mol. The molecule has 0 aliphatic carbocycles. The molecule has 1 aromatic carbocycles. The summed E-state index contributed by atoms with van der Waals surface area (Å²) in [5, 5.41) is 3.89. The van der Waals surface area contributed by atoms with Crippen LogP contribution in [0.2, 0.25) is 5.02 Å². The largest absolute Gasteiger partial charge is 0.439 e. The fourth-order valence-electron chi connectivity index (χ4n) is 1.50. The topological polar surface area (TPSA) is 34.1 Å². The van der Waals surface area contributed by atoms with Crippen LogP contribution in [0.25, 0.3) is 0 Å². The van der Waals surface area contributed by atoms with Crippen LogP contribution in [0.1, 0.15) is 12.5 Å². The average Bonchev–Trinajstić information content (AvgIpc) is 2.38. The van der Waals surface area contributed by atoms with E-state index in [4.69, 9.17) is 16.3 Å². The predicted molar refractivity (Wildman–Crippen MR) is 73.1 cm³/mol. The van der Waals surface area contributed by atoms with E-state index in [9.17, 15) is 0 Å². The van der Waals surface area contributed by atoms with Crippen molar-refractivity contribution in [2.45, 2.75) is 13.5 Å². The van der Waals surface area contributed by atoms with E-state index in [1.807, 2.05) is 30.5 Å². The number of halogens is 1. The van der Waals surface area contributed by atoms with Gasteiger partial charge in [0.2, 0.25) is 5.88 Å². The normalized spacial score (nSPS) is 10.3. The number of hydrogen-bond acceptors (Lipinski definition) is 3. The lowest BCUT2D eigenvalue weighted by Crippen LogP contribution is -2.11. The molecule has 0 aliphatic heterocycles. The summed E-state index contributed by atoms with van der Waals surface area (Å²) in [6.07, 6.45) is 1.81. The molecule has 1 heterocycles. The molecular weight excluding hydrogens is 248 g/mol. The molecule has 2 rings (SSSR count). The maximum atomic E-state index is 5.88. The Hall–Kier alpha value is -1.58. The Kier molecular flexibility index (Phi) is 4.56. The summed E-state index contributed by atoms with van der Waals surface area (Å²) in [7, 11) is 0. The zero-order valence-corrected chi connectivity index (χ0v) is 10.9. The first-order valence-electron chi connectivity index (χ1n) is 5.87. The van der Waals surface area contributed by atoms with Gasteiger partial charge in [0.15, 0.2) is 0 Å². The number of rotatable bonds is 5. The van der Waals surface area contributed by atoms with Gasteiger partial charge in [0.25, 0.3) is 0 Å². The second-order valence-electron chi connectivity index (χ2n) is 3.84. The second-order valence-corrected chi connectivity index (χ2v) is 4.28. The van der Waals surface area contributed by atoms with Crippen molar-refractivity contribution < 1.29 is 4.74 Å². The molecule has 3 nitrogen and oxygen atoms in total. The van der Waals surface area contributed by atoms with Crippen molar-refractivity contribution in [1.29, 1.82) is 0 Å². The van der Waals surface area contributed by atoms with Gasteiger partial charge < -0.3 is 10.1 Å². The Morgan fingerprint density at radius 1 is 1.28 bits per heavy atom. The molecule has 0 atom stereocenters. The second kappa shape index (κ2) is 6.38. The van der Waals surface area contributed by atoms with E-state index in [1.54, 1.807) is 12.1 Å². The quantitative estimate of drug-likeness (QED) is 0.893. The van der Waals surface area contributed by atoms with Gasteiger partial charge in [0.05, 0.1) is 0 Å². The van der Waals surface area contributed by atoms with E-state index in [2.05, 4.69) is 17.2 Å². The summed E-state index contributed by atoms with van der Waals surface area (Å²) < 4.78 is 5.60. The first kappa shape index (κ1) is 12.9. The summed E-state index contributed by atoms with van der Waals surface area (Å²) in [6.45, 7) is 3.84. The number of benzene rings is 1. The Labute approximate surface area is 112 Å². The Morgan fingerprint density at radius 2 is 2.17 bits per heavy atom. The maximum Gasteiger partial charge on any atom is 0.219 e. The molecule has 0 fully saturated rings. The van der Waals surface area contributed by atoms with Crippen molar-refractivity contribution in [2.24, 2.45) is 0 Å². The highest BCUT2D eigenvalue weighted by Gasteiger charge is 2.00. The van der Waals surface area contributed by atoms with Gasteiger partial charge in [-0.05, 0) is 30.3 Å². The third kappa shape index (κ3) is 3.72. The molecule has 1 aromatic heterocycles. The molecule has 0 unspecified atom stereocenters. The highest BCUT2D eigenvalue weighted by atomic mass is 35.5. The zero-order chi connectivity index (χ0) is 12.8. The summed E-state index contributed by atoms with van der Waals surface area (Å²) in [6, 6.07) is 11.1. The summed E-state index contributed by atoms with van der Waals surface area (Å²) in [5.41, 5.74) is 1.13. The molecule has 0 bridgehead atoms. The van der Waals surface area contributed by atoms with E-state index >= 15 is 0 Å². The average molecular weight is 263 g/mol. The van der Waals surface area contributed by atoms with Gasteiger partial charge in [-0.15, -0.1) is 0 Å². The van der Waals surface area contributed by atoms with Crippen LogP contribution < -0.4 is 10.1 Å². The standard InChI is InChI=1S/C14H15ClN2O/c1-2-16-9-11-6-7-14(17-10-11)18-13-5-3-4-12(15)8-13/h3-8,10,16H,2,9H2,1H3. The fourth-order valence-corrected chi connectivity index (χ4v) is 1.68. The molecule has 1 N–H and O–H groups in total. The number of pyridine rings is 1. The number of aromatic nitrogens is 1.